The van der Waals surface area contributed by atoms with Crippen molar-refractivity contribution < 1.29 is 0 Å². The average molecular weight is 337 g/mol. The Morgan fingerprint density at radius 2 is 1.80 bits per heavy atom. The van der Waals surface area contributed by atoms with Crippen LogP contribution in [-0.4, -0.2) is 30.6 Å². The van der Waals surface area contributed by atoms with Gasteiger partial charge in [0.05, 0.1) is 0 Å². The van der Waals surface area contributed by atoms with Gasteiger partial charge in [-0.05, 0) is 62.4 Å². The van der Waals surface area contributed by atoms with Crippen LogP contribution in [0.1, 0.15) is 38.5 Å². The Kier molecular flexibility index (Phi) is 5.00. The van der Waals surface area contributed by atoms with E-state index in [1.165, 1.54) is 57.3 Å². The molecule has 0 unspecified atom stereocenters. The number of fused-ring (bicyclic) bond motifs is 1. The fourth-order valence-electron chi connectivity index (χ4n) is 3.92. The maximum atomic E-state index is 3.55. The van der Waals surface area contributed by atoms with Crippen LogP contribution in [0.25, 0.3) is 0 Å². The van der Waals surface area contributed by atoms with Crippen molar-refractivity contribution in [1.29, 1.82) is 0 Å². The van der Waals surface area contributed by atoms with E-state index in [1.54, 1.807) is 0 Å². The summed E-state index contributed by atoms with van der Waals surface area (Å²) in [6.45, 7) is 3.56. The first-order valence-corrected chi connectivity index (χ1v) is 8.86. The third-order valence-corrected chi connectivity index (χ3v) is 5.46. The molecule has 3 rings (SSSR count). The molecular formula is C17H25BrN2. The van der Waals surface area contributed by atoms with Crippen LogP contribution in [-0.2, 0) is 0 Å². The maximum Gasteiger partial charge on any atom is 0.0341 e. The van der Waals surface area contributed by atoms with Gasteiger partial charge in [-0.3, -0.25) is 4.90 Å². The van der Waals surface area contributed by atoms with Crippen LogP contribution in [0.15, 0.2) is 28.7 Å². The quantitative estimate of drug-likeness (QED) is 0.869. The van der Waals surface area contributed by atoms with Crippen LogP contribution in [0.2, 0.25) is 0 Å². The summed E-state index contributed by atoms with van der Waals surface area (Å²) in [7, 11) is 0. The van der Waals surface area contributed by atoms with Crippen LogP contribution >= 0.6 is 15.9 Å². The van der Waals surface area contributed by atoms with E-state index in [0.717, 1.165) is 23.0 Å². The number of nitrogens with one attached hydrogen (secondary N) is 1. The molecule has 2 fully saturated rings. The monoisotopic (exact) mass is 336 g/mol. The van der Waals surface area contributed by atoms with Gasteiger partial charge in [0.25, 0.3) is 0 Å². The lowest BCUT2D eigenvalue weighted by Crippen LogP contribution is -2.48. The van der Waals surface area contributed by atoms with Crippen molar-refractivity contribution in [2.75, 3.05) is 25.0 Å². The van der Waals surface area contributed by atoms with Gasteiger partial charge in [0.2, 0.25) is 0 Å². The van der Waals surface area contributed by atoms with Crippen molar-refractivity contribution in [3.05, 3.63) is 28.7 Å². The molecule has 1 saturated carbocycles. The maximum absolute atomic E-state index is 3.55. The summed E-state index contributed by atoms with van der Waals surface area (Å²) in [5.74, 6) is 0.991. The van der Waals surface area contributed by atoms with E-state index in [1.807, 2.05) is 0 Å². The zero-order valence-corrected chi connectivity index (χ0v) is 13.7. The van der Waals surface area contributed by atoms with Crippen LogP contribution < -0.4 is 5.32 Å². The standard InChI is InChI=1S/C17H25BrN2/c18-15-7-9-16(10-8-15)19-11-13-20-12-3-5-14-4-1-2-6-17(14)20/h7-10,14,17,19H,1-6,11-13H2/t14-,17-/m1/s1. The first-order chi connectivity index (χ1) is 9.83. The minimum Gasteiger partial charge on any atom is -0.384 e. The average Bonchev–Trinajstić information content (AvgIpc) is 2.49. The number of piperidine rings is 1. The number of likely N-dealkylation sites (tertiary alicyclic amines) is 1. The number of hydrogen-bond donors (Lipinski definition) is 1. The summed E-state index contributed by atoms with van der Waals surface area (Å²) in [5, 5.41) is 3.55. The molecule has 0 spiro atoms. The highest BCUT2D eigenvalue weighted by Crippen LogP contribution is 2.34. The highest BCUT2D eigenvalue weighted by molar-refractivity contribution is 9.10. The molecule has 3 heteroatoms. The largest absolute Gasteiger partial charge is 0.384 e. The molecule has 1 saturated heterocycles. The van der Waals surface area contributed by atoms with Crippen LogP contribution in [0.5, 0.6) is 0 Å². The van der Waals surface area contributed by atoms with Gasteiger partial charge in [-0.1, -0.05) is 28.8 Å². The fourth-order valence-corrected chi connectivity index (χ4v) is 4.18. The van der Waals surface area contributed by atoms with E-state index in [-0.39, 0.29) is 0 Å². The van der Waals surface area contributed by atoms with Crippen molar-refractivity contribution in [1.82, 2.24) is 4.90 Å². The first-order valence-electron chi connectivity index (χ1n) is 8.06. The van der Waals surface area contributed by atoms with Gasteiger partial charge in [-0.2, -0.15) is 0 Å². The predicted molar refractivity (Wildman–Crippen MR) is 89.2 cm³/mol. The lowest BCUT2D eigenvalue weighted by molar-refractivity contribution is 0.0645. The molecule has 2 nitrogen and oxygen atoms in total. The molecule has 1 heterocycles. The second-order valence-corrected chi connectivity index (χ2v) is 7.14. The molecule has 1 aromatic rings. The highest BCUT2D eigenvalue weighted by atomic mass is 79.9. The second-order valence-electron chi connectivity index (χ2n) is 6.22. The topological polar surface area (TPSA) is 15.3 Å². The summed E-state index contributed by atoms with van der Waals surface area (Å²) < 4.78 is 1.14. The van der Waals surface area contributed by atoms with Gasteiger partial charge in [0.1, 0.15) is 0 Å². The molecule has 0 aromatic heterocycles. The molecule has 0 bridgehead atoms. The zero-order chi connectivity index (χ0) is 13.8. The zero-order valence-electron chi connectivity index (χ0n) is 12.2. The summed E-state index contributed by atoms with van der Waals surface area (Å²) >= 11 is 3.48. The van der Waals surface area contributed by atoms with Crippen LogP contribution in [0.4, 0.5) is 5.69 Å². The lowest BCUT2D eigenvalue weighted by atomic mass is 9.78. The van der Waals surface area contributed by atoms with Crippen molar-refractivity contribution in [3.63, 3.8) is 0 Å². The van der Waals surface area contributed by atoms with Crippen molar-refractivity contribution in [3.8, 4) is 0 Å². The smallest absolute Gasteiger partial charge is 0.0341 e. The van der Waals surface area contributed by atoms with E-state index in [9.17, 15) is 0 Å². The summed E-state index contributed by atoms with van der Waals surface area (Å²) in [6, 6.07) is 9.36. The molecular weight excluding hydrogens is 312 g/mol. The third kappa shape index (κ3) is 3.56. The summed E-state index contributed by atoms with van der Waals surface area (Å²) in [4.78, 5) is 2.75. The number of halogens is 1. The van der Waals surface area contributed by atoms with Gasteiger partial charge in [0.15, 0.2) is 0 Å². The van der Waals surface area contributed by atoms with Crippen LogP contribution in [0.3, 0.4) is 0 Å². The van der Waals surface area contributed by atoms with E-state index < -0.39 is 0 Å². The van der Waals surface area contributed by atoms with E-state index in [0.29, 0.717) is 0 Å². The Morgan fingerprint density at radius 3 is 2.65 bits per heavy atom. The fraction of sp³-hybridized carbons (Fsp3) is 0.647. The normalized spacial score (nSPS) is 27.1. The van der Waals surface area contributed by atoms with E-state index >= 15 is 0 Å². The number of hydrogen-bond acceptors (Lipinski definition) is 2. The second kappa shape index (κ2) is 6.95. The number of nitrogens with zero attached hydrogens (tertiary/aromatic N) is 1. The van der Waals surface area contributed by atoms with E-state index in [4.69, 9.17) is 0 Å². The minimum absolute atomic E-state index is 0.879. The number of benzene rings is 1. The SMILES string of the molecule is Brc1ccc(NCCN2CCC[C@H]3CCCC[C@H]32)cc1. The molecule has 110 valence electrons. The van der Waals surface area contributed by atoms with Gasteiger partial charge < -0.3 is 5.32 Å². The summed E-state index contributed by atoms with van der Waals surface area (Å²) in [6.07, 6.45) is 8.69. The molecule has 1 aromatic carbocycles. The van der Waals surface area contributed by atoms with Crippen molar-refractivity contribution in [2.45, 2.75) is 44.6 Å². The van der Waals surface area contributed by atoms with Crippen LogP contribution in [0, 0.1) is 5.92 Å². The van der Waals surface area contributed by atoms with Gasteiger partial charge in [-0.15, -0.1) is 0 Å². The molecule has 1 aliphatic carbocycles. The van der Waals surface area contributed by atoms with Gasteiger partial charge >= 0.3 is 0 Å². The van der Waals surface area contributed by atoms with Crippen molar-refractivity contribution in [2.24, 2.45) is 5.92 Å². The molecule has 1 aliphatic heterocycles. The number of rotatable bonds is 4. The summed E-state index contributed by atoms with van der Waals surface area (Å²) in [5.41, 5.74) is 1.23. The molecule has 1 N–H and O–H groups in total. The van der Waals surface area contributed by atoms with Gasteiger partial charge in [-0.25, -0.2) is 0 Å². The van der Waals surface area contributed by atoms with Gasteiger partial charge in [0, 0.05) is 29.3 Å². The minimum atomic E-state index is 0.879. The Bertz CT molecular complexity index is 416. The molecule has 20 heavy (non-hydrogen) atoms. The molecule has 2 aliphatic rings. The predicted octanol–water partition coefficient (Wildman–Crippen LogP) is 4.52. The molecule has 0 amide bonds. The molecule has 2 atom stereocenters. The molecule has 0 radical (unpaired) electrons. The Labute approximate surface area is 131 Å². The highest BCUT2D eigenvalue weighted by Gasteiger charge is 2.32. The Hall–Kier alpha value is -0.540. The van der Waals surface area contributed by atoms with Crippen molar-refractivity contribution >= 4 is 21.6 Å². The first kappa shape index (κ1) is 14.4. The third-order valence-electron chi connectivity index (χ3n) is 4.93. The number of anilines is 1. The Morgan fingerprint density at radius 1 is 1.05 bits per heavy atom. The lowest BCUT2D eigenvalue weighted by Gasteiger charge is -2.44. The Balaban J connectivity index is 1.48. The van der Waals surface area contributed by atoms with E-state index in [2.05, 4.69) is 50.4 Å².